The first-order chi connectivity index (χ1) is 9.32. The van der Waals surface area contributed by atoms with Crippen LogP contribution in [0.25, 0.3) is 0 Å². The number of aliphatic hydroxyl groups excluding tert-OH is 1. The lowest BCUT2D eigenvalue weighted by Crippen LogP contribution is -2.57. The SMILES string of the molecule is CO[C@@H]1[C@H](O)CC[C@]2(CO2)[C@H]1C(C)(C)OCC=C(C)C. The summed E-state index contributed by atoms with van der Waals surface area (Å²) in [6.45, 7) is 9.59. The van der Waals surface area contributed by atoms with Gasteiger partial charge in [-0.3, -0.25) is 0 Å². The molecule has 1 aliphatic heterocycles. The summed E-state index contributed by atoms with van der Waals surface area (Å²) in [6.07, 6.45) is 3.02. The third kappa shape index (κ3) is 3.08. The third-order valence-corrected chi connectivity index (χ3v) is 4.62. The highest BCUT2D eigenvalue weighted by Crippen LogP contribution is 2.52. The maximum absolute atomic E-state index is 10.2. The Morgan fingerprint density at radius 3 is 2.60 bits per heavy atom. The Morgan fingerprint density at radius 2 is 2.10 bits per heavy atom. The Labute approximate surface area is 122 Å². The first-order valence-electron chi connectivity index (χ1n) is 7.44. The molecule has 0 radical (unpaired) electrons. The second kappa shape index (κ2) is 5.76. The summed E-state index contributed by atoms with van der Waals surface area (Å²) in [5.41, 5.74) is 0.684. The zero-order valence-electron chi connectivity index (χ0n) is 13.3. The molecule has 0 bridgehead atoms. The van der Waals surface area contributed by atoms with E-state index in [1.807, 2.05) is 0 Å². The molecule has 0 aromatic rings. The van der Waals surface area contributed by atoms with Gasteiger partial charge in [0.2, 0.25) is 0 Å². The molecule has 2 fully saturated rings. The van der Waals surface area contributed by atoms with E-state index in [4.69, 9.17) is 14.2 Å². The largest absolute Gasteiger partial charge is 0.390 e. The predicted molar refractivity (Wildman–Crippen MR) is 77.7 cm³/mol. The number of aliphatic hydroxyl groups is 1. The summed E-state index contributed by atoms with van der Waals surface area (Å²) < 4.78 is 17.4. The predicted octanol–water partition coefficient (Wildman–Crippen LogP) is 2.30. The highest BCUT2D eigenvalue weighted by atomic mass is 16.6. The Balaban J connectivity index is 2.14. The van der Waals surface area contributed by atoms with Crippen LogP contribution in [-0.2, 0) is 14.2 Å². The second-order valence-corrected chi connectivity index (χ2v) is 6.83. The number of hydrogen-bond acceptors (Lipinski definition) is 4. The van der Waals surface area contributed by atoms with Gasteiger partial charge in [-0.15, -0.1) is 0 Å². The highest BCUT2D eigenvalue weighted by Gasteiger charge is 2.63. The molecule has 1 aliphatic carbocycles. The summed E-state index contributed by atoms with van der Waals surface area (Å²) >= 11 is 0. The lowest BCUT2D eigenvalue weighted by atomic mass is 9.68. The molecule has 1 saturated carbocycles. The van der Waals surface area contributed by atoms with Crippen LogP contribution in [-0.4, -0.2) is 48.8 Å². The van der Waals surface area contributed by atoms with E-state index >= 15 is 0 Å². The minimum atomic E-state index is -0.439. The molecule has 0 amide bonds. The summed E-state index contributed by atoms with van der Waals surface area (Å²) in [5.74, 6) is 0.0503. The monoisotopic (exact) mass is 284 g/mol. The average molecular weight is 284 g/mol. The van der Waals surface area contributed by atoms with Gasteiger partial charge in [-0.2, -0.15) is 0 Å². The van der Waals surface area contributed by atoms with Crippen molar-refractivity contribution in [2.24, 2.45) is 5.92 Å². The first-order valence-corrected chi connectivity index (χ1v) is 7.44. The molecule has 1 saturated heterocycles. The molecule has 116 valence electrons. The summed E-state index contributed by atoms with van der Waals surface area (Å²) in [7, 11) is 1.66. The van der Waals surface area contributed by atoms with Crippen molar-refractivity contribution in [1.82, 2.24) is 0 Å². The Kier molecular flexibility index (Phi) is 4.59. The van der Waals surface area contributed by atoms with E-state index in [1.165, 1.54) is 5.57 Å². The fourth-order valence-electron chi connectivity index (χ4n) is 3.49. The van der Waals surface area contributed by atoms with Gasteiger partial charge in [0.15, 0.2) is 0 Å². The van der Waals surface area contributed by atoms with E-state index in [-0.39, 0.29) is 17.6 Å². The Morgan fingerprint density at radius 1 is 1.45 bits per heavy atom. The van der Waals surface area contributed by atoms with Crippen molar-refractivity contribution >= 4 is 0 Å². The summed E-state index contributed by atoms with van der Waals surface area (Å²) in [4.78, 5) is 0. The maximum Gasteiger partial charge on any atom is 0.0998 e. The minimum absolute atomic E-state index is 0.0503. The molecular formula is C16H28O4. The van der Waals surface area contributed by atoms with Crippen molar-refractivity contribution in [2.45, 2.75) is 63.9 Å². The molecular weight excluding hydrogens is 256 g/mol. The van der Waals surface area contributed by atoms with Crippen LogP contribution in [0.3, 0.4) is 0 Å². The van der Waals surface area contributed by atoms with Crippen LogP contribution < -0.4 is 0 Å². The fraction of sp³-hybridized carbons (Fsp3) is 0.875. The summed E-state index contributed by atoms with van der Waals surface area (Å²) in [6, 6.07) is 0. The normalized spacial score (nSPS) is 37.0. The molecule has 4 atom stereocenters. The molecule has 2 rings (SSSR count). The van der Waals surface area contributed by atoms with Gasteiger partial charge < -0.3 is 19.3 Å². The van der Waals surface area contributed by atoms with Crippen LogP contribution in [0.4, 0.5) is 0 Å². The molecule has 0 aromatic heterocycles. The maximum atomic E-state index is 10.2. The molecule has 0 unspecified atom stereocenters. The zero-order chi connectivity index (χ0) is 15.0. The van der Waals surface area contributed by atoms with Crippen LogP contribution in [0.15, 0.2) is 11.6 Å². The molecule has 1 heterocycles. The first kappa shape index (κ1) is 16.0. The molecule has 2 aliphatic rings. The fourth-order valence-corrected chi connectivity index (χ4v) is 3.49. The van der Waals surface area contributed by atoms with Crippen molar-refractivity contribution in [1.29, 1.82) is 0 Å². The van der Waals surface area contributed by atoms with Crippen molar-refractivity contribution in [3.8, 4) is 0 Å². The van der Waals surface area contributed by atoms with Crippen molar-refractivity contribution < 1.29 is 19.3 Å². The van der Waals surface area contributed by atoms with Gasteiger partial charge in [0.25, 0.3) is 0 Å². The number of methoxy groups -OCH3 is 1. The lowest BCUT2D eigenvalue weighted by molar-refractivity contribution is -0.172. The third-order valence-electron chi connectivity index (χ3n) is 4.62. The van der Waals surface area contributed by atoms with E-state index in [0.29, 0.717) is 6.61 Å². The van der Waals surface area contributed by atoms with Gasteiger partial charge in [0.1, 0.15) is 0 Å². The average Bonchev–Trinajstić information content (AvgIpc) is 3.11. The highest BCUT2D eigenvalue weighted by molar-refractivity contribution is 5.12. The van der Waals surface area contributed by atoms with Crippen molar-refractivity contribution in [2.75, 3.05) is 20.3 Å². The topological polar surface area (TPSA) is 51.2 Å². The Bertz CT molecular complexity index is 367. The number of rotatable bonds is 5. The second-order valence-electron chi connectivity index (χ2n) is 6.83. The van der Waals surface area contributed by atoms with E-state index in [0.717, 1.165) is 19.4 Å². The number of epoxide rings is 1. The van der Waals surface area contributed by atoms with Crippen LogP contribution in [0.5, 0.6) is 0 Å². The van der Waals surface area contributed by atoms with E-state index in [2.05, 4.69) is 33.8 Å². The van der Waals surface area contributed by atoms with Gasteiger partial charge in [-0.1, -0.05) is 11.6 Å². The molecule has 1 N–H and O–H groups in total. The molecule has 4 heteroatoms. The lowest BCUT2D eigenvalue weighted by Gasteiger charge is -2.46. The van der Waals surface area contributed by atoms with Gasteiger partial charge >= 0.3 is 0 Å². The van der Waals surface area contributed by atoms with Crippen LogP contribution in [0.1, 0.15) is 40.5 Å². The summed E-state index contributed by atoms with van der Waals surface area (Å²) in [5, 5.41) is 10.2. The van der Waals surface area contributed by atoms with E-state index in [9.17, 15) is 5.11 Å². The van der Waals surface area contributed by atoms with Crippen LogP contribution in [0.2, 0.25) is 0 Å². The van der Waals surface area contributed by atoms with Gasteiger partial charge in [-0.25, -0.2) is 0 Å². The minimum Gasteiger partial charge on any atom is -0.390 e. The smallest absolute Gasteiger partial charge is 0.0998 e. The van der Waals surface area contributed by atoms with Gasteiger partial charge in [0, 0.05) is 13.0 Å². The molecule has 20 heavy (non-hydrogen) atoms. The standard InChI is InChI=1S/C16H28O4/c1-11(2)7-9-19-15(3,4)14-13(18-5)12(17)6-8-16(14)10-20-16/h7,12-14,17H,6,8-10H2,1-5H3/t12-,13-,14-,16+/m1/s1. The number of ether oxygens (including phenoxy) is 3. The van der Waals surface area contributed by atoms with Gasteiger partial charge in [-0.05, 0) is 40.5 Å². The van der Waals surface area contributed by atoms with Crippen LogP contribution >= 0.6 is 0 Å². The molecule has 4 nitrogen and oxygen atoms in total. The molecule has 0 aromatic carbocycles. The molecule has 1 spiro atoms. The zero-order valence-corrected chi connectivity index (χ0v) is 13.3. The quantitative estimate of drug-likeness (QED) is 0.622. The number of hydrogen-bond donors (Lipinski definition) is 1. The van der Waals surface area contributed by atoms with Crippen LogP contribution in [0, 0.1) is 5.92 Å². The van der Waals surface area contributed by atoms with E-state index < -0.39 is 11.7 Å². The van der Waals surface area contributed by atoms with Gasteiger partial charge in [0.05, 0.1) is 36.6 Å². The van der Waals surface area contributed by atoms with Crippen molar-refractivity contribution in [3.63, 3.8) is 0 Å². The van der Waals surface area contributed by atoms with E-state index in [1.54, 1.807) is 7.11 Å². The van der Waals surface area contributed by atoms with Crippen molar-refractivity contribution in [3.05, 3.63) is 11.6 Å². The number of allylic oxidation sites excluding steroid dienone is 1. The Hall–Kier alpha value is -0.420.